The van der Waals surface area contributed by atoms with Gasteiger partial charge in [0, 0.05) is 29.2 Å². The zero-order chi connectivity index (χ0) is 31.3. The third-order valence-corrected chi connectivity index (χ3v) is 8.32. The number of hydrogen-bond donors (Lipinski definition) is 3. The highest BCUT2D eigenvalue weighted by atomic mass is 16.5. The number of carbonyl (C=O) groups is 2. The van der Waals surface area contributed by atoms with Crippen molar-refractivity contribution >= 4 is 23.3 Å². The van der Waals surface area contributed by atoms with Crippen molar-refractivity contribution in [2.45, 2.75) is 58.3 Å². The van der Waals surface area contributed by atoms with Crippen molar-refractivity contribution in [2.24, 2.45) is 5.92 Å². The first-order valence-electron chi connectivity index (χ1n) is 15.3. The Bertz CT molecular complexity index is 1600. The molecule has 8 heteroatoms. The minimum Gasteiger partial charge on any atom is -0.497 e. The molecule has 3 N–H and O–H groups in total. The van der Waals surface area contributed by atoms with E-state index in [2.05, 4.69) is 42.8 Å². The molecule has 5 rings (SSSR count). The van der Waals surface area contributed by atoms with Crippen molar-refractivity contribution < 1.29 is 14.3 Å². The van der Waals surface area contributed by atoms with Gasteiger partial charge in [-0.3, -0.25) is 10.1 Å². The summed E-state index contributed by atoms with van der Waals surface area (Å²) in [5, 5.41) is 14.3. The number of aryl methyl sites for hydroxylation is 1. The third-order valence-electron chi connectivity index (χ3n) is 8.32. The van der Waals surface area contributed by atoms with Crippen LogP contribution in [0.2, 0.25) is 0 Å². The fourth-order valence-electron chi connectivity index (χ4n) is 5.76. The van der Waals surface area contributed by atoms with Crippen LogP contribution in [-0.4, -0.2) is 41.8 Å². The van der Waals surface area contributed by atoms with E-state index in [0.29, 0.717) is 35.2 Å². The van der Waals surface area contributed by atoms with Crippen molar-refractivity contribution in [3.63, 3.8) is 0 Å². The van der Waals surface area contributed by atoms with Crippen LogP contribution in [0.5, 0.6) is 5.75 Å². The number of ether oxygens (including phenoxy) is 1. The molecule has 0 spiro atoms. The summed E-state index contributed by atoms with van der Waals surface area (Å²) >= 11 is 0. The summed E-state index contributed by atoms with van der Waals surface area (Å²) in [7, 11) is 1.61. The summed E-state index contributed by atoms with van der Waals surface area (Å²) < 4.78 is 7.12. The van der Waals surface area contributed by atoms with E-state index in [1.54, 1.807) is 17.9 Å². The van der Waals surface area contributed by atoms with Crippen molar-refractivity contribution in [3.05, 3.63) is 101 Å². The summed E-state index contributed by atoms with van der Waals surface area (Å²) in [4.78, 5) is 26.8. The predicted octanol–water partition coefficient (Wildman–Crippen LogP) is 7.49. The average Bonchev–Trinajstić information content (AvgIpc) is 3.45. The Labute approximate surface area is 260 Å². The standard InChI is InChI=1S/C36H43N5O3/c1-24-12-14-29(15-13-24)41-34(23-33(40-41)36(2,3)4)39-35(43)38-28-10-6-8-26(20-28)31(25-16-18-37-19-17-25)22-32(42)27-9-7-11-30(21-27)44-5/h6-15,20-21,23,25,31,37H,16-19,22H2,1-5H3,(H2,38,39,43). The molecule has 1 aliphatic heterocycles. The Kier molecular flexibility index (Phi) is 9.49. The predicted molar refractivity (Wildman–Crippen MR) is 176 cm³/mol. The number of nitrogens with one attached hydrogen (secondary N) is 3. The lowest BCUT2D eigenvalue weighted by atomic mass is 9.77. The van der Waals surface area contributed by atoms with Crippen LogP contribution < -0.4 is 20.7 Å². The largest absolute Gasteiger partial charge is 0.497 e. The number of rotatable bonds is 9. The highest BCUT2D eigenvalue weighted by Gasteiger charge is 2.28. The molecule has 1 aliphatic rings. The van der Waals surface area contributed by atoms with Gasteiger partial charge in [0.1, 0.15) is 11.6 Å². The van der Waals surface area contributed by atoms with Gasteiger partial charge in [-0.1, -0.05) is 62.7 Å². The molecule has 1 fully saturated rings. The van der Waals surface area contributed by atoms with Crippen LogP contribution in [0.25, 0.3) is 5.69 Å². The molecule has 3 aromatic carbocycles. The fraction of sp³-hybridized carbons (Fsp3) is 0.361. The van der Waals surface area contributed by atoms with Crippen LogP contribution in [0.1, 0.15) is 73.1 Å². The number of Topliss-reactive ketones (excluding diaryl/α,β-unsaturated/α-hetero) is 1. The highest BCUT2D eigenvalue weighted by Crippen LogP contribution is 2.36. The quantitative estimate of drug-likeness (QED) is 0.175. The Balaban J connectivity index is 1.37. The van der Waals surface area contributed by atoms with Crippen molar-refractivity contribution in [2.75, 3.05) is 30.8 Å². The fourth-order valence-corrected chi connectivity index (χ4v) is 5.76. The van der Waals surface area contributed by atoms with Crippen molar-refractivity contribution in [1.82, 2.24) is 15.1 Å². The van der Waals surface area contributed by atoms with E-state index < -0.39 is 0 Å². The molecule has 1 aromatic heterocycles. The lowest BCUT2D eigenvalue weighted by Gasteiger charge is -2.31. The van der Waals surface area contributed by atoms with Gasteiger partial charge >= 0.3 is 6.03 Å². The maximum Gasteiger partial charge on any atom is 0.324 e. The van der Waals surface area contributed by atoms with Crippen LogP contribution in [0.4, 0.5) is 16.3 Å². The van der Waals surface area contributed by atoms with Crippen LogP contribution >= 0.6 is 0 Å². The lowest BCUT2D eigenvalue weighted by Crippen LogP contribution is -2.31. The van der Waals surface area contributed by atoms with Gasteiger partial charge in [-0.15, -0.1) is 0 Å². The number of nitrogens with zero attached hydrogens (tertiary/aromatic N) is 2. The van der Waals surface area contributed by atoms with Crippen molar-refractivity contribution in [3.8, 4) is 11.4 Å². The molecule has 2 heterocycles. The van der Waals surface area contributed by atoms with Gasteiger partial charge in [-0.2, -0.15) is 5.10 Å². The third kappa shape index (κ3) is 7.55. The molecule has 1 atom stereocenters. The first-order chi connectivity index (χ1) is 21.1. The van der Waals surface area contributed by atoms with Crippen LogP contribution in [-0.2, 0) is 5.41 Å². The Hall–Kier alpha value is -4.43. The van der Waals surface area contributed by atoms with Gasteiger partial charge < -0.3 is 15.4 Å². The summed E-state index contributed by atoms with van der Waals surface area (Å²) in [6.45, 7) is 10.2. The normalized spacial score (nSPS) is 14.6. The van der Waals surface area contributed by atoms with Gasteiger partial charge in [0.15, 0.2) is 5.78 Å². The van der Waals surface area contributed by atoms with Crippen LogP contribution in [0, 0.1) is 12.8 Å². The molecular weight excluding hydrogens is 550 g/mol. The molecule has 4 aromatic rings. The molecule has 0 radical (unpaired) electrons. The Morgan fingerprint density at radius 3 is 2.41 bits per heavy atom. The van der Waals surface area contributed by atoms with E-state index in [1.807, 2.05) is 73.7 Å². The molecule has 1 saturated heterocycles. The molecule has 0 bridgehead atoms. The topological polar surface area (TPSA) is 97.3 Å². The van der Waals surface area contributed by atoms with Crippen LogP contribution in [0.3, 0.4) is 0 Å². The number of methoxy groups -OCH3 is 1. The van der Waals surface area contributed by atoms with E-state index >= 15 is 0 Å². The average molecular weight is 594 g/mol. The SMILES string of the molecule is COc1cccc(C(=O)CC(c2cccc(NC(=O)Nc3cc(C(C)(C)C)nn3-c3ccc(C)cc3)c2)C2CCNCC2)c1. The number of aromatic nitrogens is 2. The van der Waals surface area contributed by atoms with E-state index in [9.17, 15) is 9.59 Å². The monoisotopic (exact) mass is 593 g/mol. The number of anilines is 2. The smallest absolute Gasteiger partial charge is 0.324 e. The van der Waals surface area contributed by atoms with E-state index in [1.165, 1.54) is 0 Å². The van der Waals surface area contributed by atoms with Crippen molar-refractivity contribution in [1.29, 1.82) is 0 Å². The zero-order valence-electron chi connectivity index (χ0n) is 26.3. The van der Waals surface area contributed by atoms with E-state index in [4.69, 9.17) is 9.84 Å². The first kappa shape index (κ1) is 31.0. The second kappa shape index (κ2) is 13.5. The molecule has 2 amide bonds. The van der Waals surface area contributed by atoms with Gasteiger partial charge in [0.25, 0.3) is 0 Å². The lowest BCUT2D eigenvalue weighted by molar-refractivity contribution is 0.0958. The minimum absolute atomic E-state index is 0.0259. The number of piperidine rings is 1. The second-order valence-electron chi connectivity index (χ2n) is 12.7. The van der Waals surface area contributed by atoms with Crippen LogP contribution in [0.15, 0.2) is 78.9 Å². The molecular formula is C36H43N5O3. The van der Waals surface area contributed by atoms with Gasteiger partial charge in [0.05, 0.1) is 18.5 Å². The summed E-state index contributed by atoms with van der Waals surface area (Å²) in [5.41, 5.74) is 5.07. The number of hydrogen-bond acceptors (Lipinski definition) is 5. The highest BCUT2D eigenvalue weighted by molar-refractivity contribution is 5.99. The Morgan fingerprint density at radius 2 is 1.70 bits per heavy atom. The maximum atomic E-state index is 13.5. The summed E-state index contributed by atoms with van der Waals surface area (Å²) in [6, 6.07) is 24.9. The molecule has 1 unspecified atom stereocenters. The second-order valence-corrected chi connectivity index (χ2v) is 12.7. The Morgan fingerprint density at radius 1 is 0.977 bits per heavy atom. The van der Waals surface area contributed by atoms with Gasteiger partial charge in [-0.05, 0) is 86.7 Å². The van der Waals surface area contributed by atoms with E-state index in [-0.39, 0.29) is 23.1 Å². The number of benzene rings is 3. The summed E-state index contributed by atoms with van der Waals surface area (Å²) in [6.07, 6.45) is 2.37. The number of carbonyl (C=O) groups excluding carboxylic acids is 2. The maximum absolute atomic E-state index is 13.5. The number of amides is 2. The molecule has 0 aliphatic carbocycles. The number of urea groups is 1. The van der Waals surface area contributed by atoms with Gasteiger partial charge in [0.2, 0.25) is 0 Å². The zero-order valence-corrected chi connectivity index (χ0v) is 26.3. The van der Waals surface area contributed by atoms with Gasteiger partial charge in [-0.25, -0.2) is 9.48 Å². The molecule has 230 valence electrons. The molecule has 8 nitrogen and oxygen atoms in total. The minimum atomic E-state index is -0.359. The molecule has 44 heavy (non-hydrogen) atoms. The first-order valence-corrected chi connectivity index (χ1v) is 15.3. The summed E-state index contributed by atoms with van der Waals surface area (Å²) in [5.74, 6) is 1.73. The van der Waals surface area contributed by atoms with E-state index in [0.717, 1.165) is 48.4 Å². The number of ketones is 1. The molecule has 0 saturated carbocycles.